The lowest BCUT2D eigenvalue weighted by Gasteiger charge is -2.22. The van der Waals surface area contributed by atoms with Gasteiger partial charge in [-0.2, -0.15) is 0 Å². The summed E-state index contributed by atoms with van der Waals surface area (Å²) in [6.45, 7) is 1.95. The van der Waals surface area contributed by atoms with Crippen molar-refractivity contribution in [2.24, 2.45) is 0 Å². The number of hydrogen-bond donors (Lipinski definition) is 2. The highest BCUT2D eigenvalue weighted by atomic mass is 16.5. The molecule has 0 aromatic carbocycles. The fourth-order valence-corrected chi connectivity index (χ4v) is 2.31. The van der Waals surface area contributed by atoms with Gasteiger partial charge in [-0.1, -0.05) is 0 Å². The monoisotopic (exact) mass is 330 g/mol. The highest BCUT2D eigenvalue weighted by Crippen LogP contribution is 2.17. The molecule has 2 N–H and O–H groups in total. The molecule has 0 spiro atoms. The molecular formula is C16H18N4O4. The van der Waals surface area contributed by atoms with Gasteiger partial charge in [-0.25, -0.2) is 19.7 Å². The molecule has 3 rings (SSSR count). The highest BCUT2D eigenvalue weighted by molar-refractivity contribution is 5.84. The first-order valence-electron chi connectivity index (χ1n) is 7.69. The number of nitrogens with one attached hydrogen (secondary N) is 1. The second-order valence-corrected chi connectivity index (χ2v) is 5.38. The zero-order chi connectivity index (χ0) is 16.8. The highest BCUT2D eigenvalue weighted by Gasteiger charge is 2.15. The summed E-state index contributed by atoms with van der Waals surface area (Å²) in [6.07, 6.45) is 6.20. The first kappa shape index (κ1) is 16.1. The van der Waals surface area contributed by atoms with E-state index in [-0.39, 0.29) is 11.8 Å². The van der Waals surface area contributed by atoms with Gasteiger partial charge in [0.1, 0.15) is 11.9 Å². The van der Waals surface area contributed by atoms with E-state index in [4.69, 9.17) is 14.6 Å². The van der Waals surface area contributed by atoms with Gasteiger partial charge in [-0.15, -0.1) is 0 Å². The van der Waals surface area contributed by atoms with Crippen LogP contribution in [0.15, 0.2) is 30.7 Å². The van der Waals surface area contributed by atoms with Crippen LogP contribution in [0.4, 0.5) is 5.82 Å². The molecule has 0 aliphatic carbocycles. The number of anilines is 1. The lowest BCUT2D eigenvalue weighted by atomic mass is 10.1. The molecule has 126 valence electrons. The standard InChI is InChI=1S/C16H18N4O4/c21-16(22)13-9-20-14(10-18-13)19-8-11-1-4-17-15(7-11)24-12-2-5-23-6-3-12/h1,4,7,9-10,12H,2-3,5-6,8H2,(H,19,20)(H,21,22). The van der Waals surface area contributed by atoms with E-state index in [9.17, 15) is 4.79 Å². The van der Waals surface area contributed by atoms with Gasteiger partial charge in [-0.05, 0) is 11.6 Å². The molecule has 8 heteroatoms. The van der Waals surface area contributed by atoms with Gasteiger partial charge in [0, 0.05) is 31.6 Å². The number of carboxylic acid groups (broad SMARTS) is 1. The molecule has 0 saturated carbocycles. The third-order valence-electron chi connectivity index (χ3n) is 3.60. The van der Waals surface area contributed by atoms with Gasteiger partial charge in [0.25, 0.3) is 0 Å². The average molecular weight is 330 g/mol. The van der Waals surface area contributed by atoms with Gasteiger partial charge >= 0.3 is 5.97 Å². The van der Waals surface area contributed by atoms with Crippen LogP contribution in [-0.2, 0) is 11.3 Å². The topological polar surface area (TPSA) is 106 Å². The number of aromatic carboxylic acids is 1. The Kier molecular flexibility index (Phi) is 5.17. The molecule has 1 fully saturated rings. The summed E-state index contributed by atoms with van der Waals surface area (Å²) in [4.78, 5) is 22.8. The van der Waals surface area contributed by atoms with Crippen LogP contribution in [0.3, 0.4) is 0 Å². The van der Waals surface area contributed by atoms with Crippen molar-refractivity contribution in [2.75, 3.05) is 18.5 Å². The minimum Gasteiger partial charge on any atom is -0.476 e. The van der Waals surface area contributed by atoms with Crippen LogP contribution in [-0.4, -0.2) is 45.3 Å². The Hall–Kier alpha value is -2.74. The summed E-state index contributed by atoms with van der Waals surface area (Å²) in [7, 11) is 0. The zero-order valence-electron chi connectivity index (χ0n) is 13.0. The zero-order valence-corrected chi connectivity index (χ0v) is 13.0. The number of carboxylic acids is 1. The minimum absolute atomic E-state index is 0.0865. The number of ether oxygens (including phenoxy) is 2. The van der Waals surface area contributed by atoms with E-state index >= 15 is 0 Å². The fraction of sp³-hybridized carbons (Fsp3) is 0.375. The SMILES string of the molecule is O=C(O)c1cnc(NCc2ccnc(OC3CCOCC3)c2)cn1. The fourth-order valence-electron chi connectivity index (χ4n) is 2.31. The number of carbonyl (C=O) groups is 1. The van der Waals surface area contributed by atoms with Crippen molar-refractivity contribution >= 4 is 11.8 Å². The van der Waals surface area contributed by atoms with Crippen molar-refractivity contribution in [3.63, 3.8) is 0 Å². The van der Waals surface area contributed by atoms with Gasteiger partial charge in [0.15, 0.2) is 5.69 Å². The maximum Gasteiger partial charge on any atom is 0.356 e. The quantitative estimate of drug-likeness (QED) is 0.825. The van der Waals surface area contributed by atoms with Crippen molar-refractivity contribution in [3.8, 4) is 5.88 Å². The van der Waals surface area contributed by atoms with Crippen LogP contribution >= 0.6 is 0 Å². The van der Waals surface area contributed by atoms with Crippen LogP contribution < -0.4 is 10.1 Å². The van der Waals surface area contributed by atoms with E-state index < -0.39 is 5.97 Å². The molecule has 8 nitrogen and oxygen atoms in total. The van der Waals surface area contributed by atoms with Gasteiger partial charge in [0.2, 0.25) is 5.88 Å². The predicted molar refractivity (Wildman–Crippen MR) is 85.0 cm³/mol. The molecule has 0 radical (unpaired) electrons. The Morgan fingerprint density at radius 3 is 2.83 bits per heavy atom. The lowest BCUT2D eigenvalue weighted by molar-refractivity contribution is 0.0237. The molecule has 1 aliphatic rings. The van der Waals surface area contributed by atoms with Crippen molar-refractivity contribution in [2.45, 2.75) is 25.5 Å². The van der Waals surface area contributed by atoms with Crippen LogP contribution in [0.2, 0.25) is 0 Å². The molecule has 1 saturated heterocycles. The Labute approximate surface area is 138 Å². The third-order valence-corrected chi connectivity index (χ3v) is 3.60. The van der Waals surface area contributed by atoms with Crippen molar-refractivity contribution in [1.82, 2.24) is 15.0 Å². The molecule has 1 aliphatic heterocycles. The van der Waals surface area contributed by atoms with Crippen molar-refractivity contribution < 1.29 is 19.4 Å². The molecule has 2 aromatic rings. The van der Waals surface area contributed by atoms with Gasteiger partial charge < -0.3 is 19.9 Å². The summed E-state index contributed by atoms with van der Waals surface area (Å²) >= 11 is 0. The molecule has 24 heavy (non-hydrogen) atoms. The molecule has 0 amide bonds. The molecule has 0 unspecified atom stereocenters. The second kappa shape index (κ2) is 7.69. The summed E-state index contributed by atoms with van der Waals surface area (Å²) in [6, 6.07) is 3.75. The smallest absolute Gasteiger partial charge is 0.356 e. The predicted octanol–water partition coefficient (Wildman–Crippen LogP) is 1.74. The van der Waals surface area contributed by atoms with Crippen LogP contribution in [0, 0.1) is 0 Å². The number of rotatable bonds is 6. The van der Waals surface area contributed by atoms with Crippen LogP contribution in [0.5, 0.6) is 5.88 Å². The lowest BCUT2D eigenvalue weighted by Crippen LogP contribution is -2.26. The van der Waals surface area contributed by atoms with Crippen LogP contribution in [0.25, 0.3) is 0 Å². The molecule has 2 aromatic heterocycles. The summed E-state index contributed by atoms with van der Waals surface area (Å²) in [5.41, 5.74) is 0.896. The van der Waals surface area contributed by atoms with E-state index in [2.05, 4.69) is 20.3 Å². The van der Waals surface area contributed by atoms with E-state index in [1.165, 1.54) is 12.4 Å². The maximum atomic E-state index is 10.7. The largest absolute Gasteiger partial charge is 0.476 e. The van der Waals surface area contributed by atoms with E-state index in [0.717, 1.165) is 31.6 Å². The van der Waals surface area contributed by atoms with Crippen molar-refractivity contribution in [1.29, 1.82) is 0 Å². The first-order valence-corrected chi connectivity index (χ1v) is 7.69. The molecule has 0 atom stereocenters. The summed E-state index contributed by atoms with van der Waals surface area (Å²) in [5, 5.41) is 11.9. The second-order valence-electron chi connectivity index (χ2n) is 5.38. The molecule has 3 heterocycles. The number of aromatic nitrogens is 3. The molecular weight excluding hydrogens is 312 g/mol. The van der Waals surface area contributed by atoms with E-state index in [1.807, 2.05) is 12.1 Å². The summed E-state index contributed by atoms with van der Waals surface area (Å²) < 4.78 is 11.2. The Morgan fingerprint density at radius 2 is 2.12 bits per heavy atom. The first-order chi connectivity index (χ1) is 11.7. The van der Waals surface area contributed by atoms with Gasteiger partial charge in [-0.3, -0.25) is 0 Å². The Balaban J connectivity index is 1.56. The van der Waals surface area contributed by atoms with Crippen molar-refractivity contribution in [3.05, 3.63) is 42.0 Å². The minimum atomic E-state index is -1.10. The molecule has 0 bridgehead atoms. The number of hydrogen-bond acceptors (Lipinski definition) is 7. The normalized spacial score (nSPS) is 15.0. The summed E-state index contributed by atoms with van der Waals surface area (Å²) in [5.74, 6) is -0.00435. The van der Waals surface area contributed by atoms with Crippen LogP contribution in [0.1, 0.15) is 28.9 Å². The average Bonchev–Trinajstić information content (AvgIpc) is 2.61. The number of pyridine rings is 1. The number of nitrogens with zero attached hydrogens (tertiary/aromatic N) is 3. The Bertz CT molecular complexity index is 687. The van der Waals surface area contributed by atoms with E-state index in [0.29, 0.717) is 18.2 Å². The van der Waals surface area contributed by atoms with Gasteiger partial charge in [0.05, 0.1) is 25.6 Å². The maximum absolute atomic E-state index is 10.7. The Morgan fingerprint density at radius 1 is 1.29 bits per heavy atom. The van der Waals surface area contributed by atoms with E-state index in [1.54, 1.807) is 6.20 Å². The third kappa shape index (κ3) is 4.39.